The van der Waals surface area contributed by atoms with Gasteiger partial charge in [0.15, 0.2) is 5.13 Å². The summed E-state index contributed by atoms with van der Waals surface area (Å²) in [5.41, 5.74) is 2.06. The number of hydrogen-bond donors (Lipinski definition) is 0. The number of benzene rings is 2. The number of amides is 2. The van der Waals surface area contributed by atoms with Gasteiger partial charge < -0.3 is 4.74 Å². The Bertz CT molecular complexity index is 1260. The van der Waals surface area contributed by atoms with Crippen molar-refractivity contribution in [1.82, 2.24) is 4.98 Å². The molecule has 3 aromatic rings. The molecule has 0 N–H and O–H groups in total. The minimum Gasteiger partial charge on any atom is -0.467 e. The Hall–Kier alpha value is -3.85. The van der Waals surface area contributed by atoms with Crippen molar-refractivity contribution < 1.29 is 23.5 Å². The molecule has 0 radical (unpaired) electrons. The van der Waals surface area contributed by atoms with Crippen LogP contribution in [0.25, 0.3) is 6.08 Å². The third kappa shape index (κ3) is 4.40. The highest BCUT2D eigenvalue weighted by Crippen LogP contribution is 2.34. The predicted octanol–water partition coefficient (Wildman–Crippen LogP) is 4.11. The second-order valence-electron chi connectivity index (χ2n) is 7.27. The van der Waals surface area contributed by atoms with Crippen LogP contribution in [0.3, 0.4) is 0 Å². The van der Waals surface area contributed by atoms with Crippen LogP contribution in [-0.4, -0.2) is 35.9 Å². The second-order valence-corrected chi connectivity index (χ2v) is 8.11. The highest BCUT2D eigenvalue weighted by Gasteiger charge is 2.38. The van der Waals surface area contributed by atoms with Crippen LogP contribution in [0.2, 0.25) is 0 Å². The summed E-state index contributed by atoms with van der Waals surface area (Å²) >= 11 is 1.15. The molecule has 0 saturated carbocycles. The molecule has 1 atom stereocenters. The molecule has 1 aliphatic heterocycles. The van der Waals surface area contributed by atoms with Gasteiger partial charge >= 0.3 is 5.97 Å². The zero-order chi connectivity index (χ0) is 23.5. The van der Waals surface area contributed by atoms with E-state index in [1.807, 2.05) is 12.1 Å². The van der Waals surface area contributed by atoms with E-state index in [2.05, 4.69) is 4.98 Å². The van der Waals surface area contributed by atoms with Gasteiger partial charge in [-0.25, -0.2) is 14.2 Å². The Morgan fingerprint density at radius 3 is 2.64 bits per heavy atom. The topological polar surface area (TPSA) is 79.8 Å². The summed E-state index contributed by atoms with van der Waals surface area (Å²) in [6, 6.07) is 12.5. The number of hydrogen-bond acceptors (Lipinski definition) is 6. The lowest BCUT2D eigenvalue weighted by Crippen LogP contribution is -2.42. The van der Waals surface area contributed by atoms with Crippen molar-refractivity contribution in [2.75, 3.05) is 16.9 Å². The van der Waals surface area contributed by atoms with E-state index < -0.39 is 29.6 Å². The van der Waals surface area contributed by atoms with E-state index in [1.54, 1.807) is 23.6 Å². The lowest BCUT2D eigenvalue weighted by Gasteiger charge is -2.22. The van der Waals surface area contributed by atoms with Gasteiger partial charge in [0, 0.05) is 30.5 Å². The first-order valence-corrected chi connectivity index (χ1v) is 11.0. The summed E-state index contributed by atoms with van der Waals surface area (Å²) in [7, 11) is 1.29. The van der Waals surface area contributed by atoms with Gasteiger partial charge in [-0.3, -0.25) is 19.4 Å². The summed E-state index contributed by atoms with van der Waals surface area (Å²) in [5.74, 6) is -1.83. The Kier molecular flexibility index (Phi) is 6.32. The molecule has 0 aliphatic carbocycles. The fraction of sp³-hybridized carbons (Fsp3) is 0.167. The number of aromatic nitrogens is 1. The molecule has 168 valence electrons. The SMILES string of the molecule is COC(=O)C1Cc2ccccc2N1C(=O)/C=C/c1csc(N(C(C)=O)c2ccccc2F)n1. The number of thiazole rings is 1. The van der Waals surface area contributed by atoms with Crippen molar-refractivity contribution in [2.24, 2.45) is 0 Å². The predicted molar refractivity (Wildman–Crippen MR) is 124 cm³/mol. The molecule has 0 bridgehead atoms. The monoisotopic (exact) mass is 465 g/mol. The van der Waals surface area contributed by atoms with E-state index in [0.29, 0.717) is 17.8 Å². The van der Waals surface area contributed by atoms with E-state index in [0.717, 1.165) is 16.9 Å². The maximum atomic E-state index is 14.3. The van der Waals surface area contributed by atoms with Gasteiger partial charge in [0.25, 0.3) is 5.91 Å². The Labute approximate surface area is 193 Å². The van der Waals surface area contributed by atoms with Crippen LogP contribution >= 0.6 is 11.3 Å². The van der Waals surface area contributed by atoms with Crippen LogP contribution in [-0.2, 0) is 25.5 Å². The van der Waals surface area contributed by atoms with E-state index in [1.165, 1.54) is 54.2 Å². The number of anilines is 3. The Balaban J connectivity index is 1.59. The molecular weight excluding hydrogens is 445 g/mol. The van der Waals surface area contributed by atoms with Crippen LogP contribution in [0, 0.1) is 5.82 Å². The van der Waals surface area contributed by atoms with Crippen LogP contribution in [0.5, 0.6) is 0 Å². The summed E-state index contributed by atoms with van der Waals surface area (Å²) in [6.07, 6.45) is 3.19. The quantitative estimate of drug-likeness (QED) is 0.419. The molecule has 1 aromatic heterocycles. The van der Waals surface area contributed by atoms with Crippen molar-refractivity contribution in [3.8, 4) is 0 Å². The number of fused-ring (bicyclic) bond motifs is 1. The Morgan fingerprint density at radius 2 is 1.91 bits per heavy atom. The number of methoxy groups -OCH3 is 1. The summed E-state index contributed by atoms with van der Waals surface area (Å²) in [5, 5.41) is 1.93. The molecule has 1 aliphatic rings. The largest absolute Gasteiger partial charge is 0.467 e. The summed E-state index contributed by atoms with van der Waals surface area (Å²) in [4.78, 5) is 44.4. The van der Waals surface area contributed by atoms with E-state index in [4.69, 9.17) is 4.74 Å². The number of rotatable bonds is 5. The van der Waals surface area contributed by atoms with Crippen molar-refractivity contribution in [1.29, 1.82) is 0 Å². The van der Waals surface area contributed by atoms with Gasteiger partial charge in [-0.2, -0.15) is 0 Å². The number of nitrogens with zero attached hydrogens (tertiary/aromatic N) is 3. The van der Waals surface area contributed by atoms with Gasteiger partial charge in [-0.05, 0) is 29.8 Å². The number of ether oxygens (including phenoxy) is 1. The average molecular weight is 466 g/mol. The molecule has 0 saturated heterocycles. The molecule has 2 heterocycles. The molecule has 2 aromatic carbocycles. The van der Waals surface area contributed by atoms with Crippen LogP contribution in [0.1, 0.15) is 18.2 Å². The minimum absolute atomic E-state index is 0.0977. The minimum atomic E-state index is -0.746. The highest BCUT2D eigenvalue weighted by molar-refractivity contribution is 7.14. The third-order valence-electron chi connectivity index (χ3n) is 5.19. The van der Waals surface area contributed by atoms with Gasteiger partial charge in [-0.15, -0.1) is 11.3 Å². The van der Waals surface area contributed by atoms with Crippen molar-refractivity contribution in [3.05, 3.63) is 77.1 Å². The number of para-hydroxylation sites is 2. The molecule has 4 rings (SSSR count). The number of carbonyl (C=O) groups excluding carboxylic acids is 3. The normalized spacial score (nSPS) is 14.9. The van der Waals surface area contributed by atoms with Crippen molar-refractivity contribution >= 4 is 51.7 Å². The van der Waals surface area contributed by atoms with Crippen LogP contribution in [0.4, 0.5) is 20.9 Å². The van der Waals surface area contributed by atoms with E-state index in [-0.39, 0.29) is 10.8 Å². The number of carbonyl (C=O) groups is 3. The highest BCUT2D eigenvalue weighted by atomic mass is 32.1. The molecule has 33 heavy (non-hydrogen) atoms. The van der Waals surface area contributed by atoms with Crippen molar-refractivity contribution in [3.63, 3.8) is 0 Å². The lowest BCUT2D eigenvalue weighted by atomic mass is 10.1. The first-order valence-electron chi connectivity index (χ1n) is 10.1. The van der Waals surface area contributed by atoms with Crippen LogP contribution < -0.4 is 9.80 Å². The summed E-state index contributed by atoms with van der Waals surface area (Å²) in [6.45, 7) is 1.32. The molecule has 2 amide bonds. The lowest BCUT2D eigenvalue weighted by molar-refractivity contribution is -0.143. The maximum Gasteiger partial charge on any atom is 0.329 e. The molecule has 0 fully saturated rings. The van der Waals surface area contributed by atoms with Gasteiger partial charge in [0.1, 0.15) is 11.9 Å². The smallest absolute Gasteiger partial charge is 0.329 e. The average Bonchev–Trinajstić information content (AvgIpc) is 3.43. The number of halogens is 1. The molecule has 0 spiro atoms. The van der Waals surface area contributed by atoms with E-state index >= 15 is 0 Å². The van der Waals surface area contributed by atoms with Crippen molar-refractivity contribution in [2.45, 2.75) is 19.4 Å². The van der Waals surface area contributed by atoms with Gasteiger partial charge in [0.2, 0.25) is 5.91 Å². The van der Waals surface area contributed by atoms with Crippen LogP contribution in [0.15, 0.2) is 60.0 Å². The zero-order valence-electron chi connectivity index (χ0n) is 17.9. The number of esters is 1. The molecule has 9 heteroatoms. The van der Waals surface area contributed by atoms with Gasteiger partial charge in [0.05, 0.1) is 18.5 Å². The fourth-order valence-electron chi connectivity index (χ4n) is 3.72. The standard InChI is InChI=1S/C24H20FN3O4S/c1-15(29)27(20-10-6-4-8-18(20)25)24-26-17(14-33-24)11-12-22(30)28-19-9-5-3-7-16(19)13-21(28)23(31)32-2/h3-12,14,21H,13H2,1-2H3/b12-11+. The fourth-order valence-corrected chi connectivity index (χ4v) is 4.56. The second kappa shape index (κ2) is 9.33. The summed E-state index contributed by atoms with van der Waals surface area (Å²) < 4.78 is 19.1. The first-order chi connectivity index (χ1) is 15.9. The van der Waals surface area contributed by atoms with E-state index in [9.17, 15) is 18.8 Å². The molecular formula is C24H20FN3O4S. The van der Waals surface area contributed by atoms with Gasteiger partial charge in [-0.1, -0.05) is 30.3 Å². The first kappa shape index (κ1) is 22.3. The molecule has 7 nitrogen and oxygen atoms in total. The molecule has 1 unspecified atom stereocenters. The Morgan fingerprint density at radius 1 is 1.18 bits per heavy atom. The maximum absolute atomic E-state index is 14.3. The zero-order valence-corrected chi connectivity index (χ0v) is 18.7. The third-order valence-corrected chi connectivity index (χ3v) is 6.04.